The number of ether oxygens (including phenoxy) is 2. The van der Waals surface area contributed by atoms with Gasteiger partial charge in [-0.25, -0.2) is 26.7 Å². The molecule has 0 amide bonds. The van der Waals surface area contributed by atoms with E-state index in [0.717, 1.165) is 7.11 Å². The number of hydrogen-bond acceptors (Lipinski definition) is 3. The second kappa shape index (κ2) is 6.57. The number of esters is 1. The molecule has 0 aliphatic heterocycles. The first-order valence-corrected chi connectivity index (χ1v) is 6.06. The summed E-state index contributed by atoms with van der Waals surface area (Å²) in [6.07, 6.45) is 0. The van der Waals surface area contributed by atoms with Crippen molar-refractivity contribution in [1.82, 2.24) is 0 Å². The summed E-state index contributed by atoms with van der Waals surface area (Å²) >= 11 is 0. The van der Waals surface area contributed by atoms with Gasteiger partial charge in [0.25, 0.3) is 0 Å². The van der Waals surface area contributed by atoms with E-state index in [-0.39, 0.29) is 6.07 Å². The normalized spacial score (nSPS) is 10.8. The predicted octanol–water partition coefficient (Wildman–Crippen LogP) is 4.03. The van der Waals surface area contributed by atoms with E-state index in [9.17, 15) is 39.9 Å². The fourth-order valence-electron chi connectivity index (χ4n) is 1.73. The molecule has 0 bridgehead atoms. The van der Waals surface area contributed by atoms with E-state index in [1.807, 2.05) is 0 Å². The summed E-state index contributed by atoms with van der Waals surface area (Å²) in [4.78, 5) is 11.7. The molecule has 11 heteroatoms. The molecule has 0 atom stereocenters. The minimum Gasteiger partial charge on any atom is -0.491 e. The summed E-state index contributed by atoms with van der Waals surface area (Å²) < 4.78 is 114. The summed E-state index contributed by atoms with van der Waals surface area (Å²) in [5.74, 6) is -23.3. The van der Waals surface area contributed by atoms with Crippen LogP contribution in [-0.4, -0.2) is 13.1 Å². The Morgan fingerprint density at radius 3 is 1.68 bits per heavy atom. The highest BCUT2D eigenvalue weighted by Crippen LogP contribution is 2.31. The lowest BCUT2D eigenvalue weighted by atomic mass is 10.2. The maximum absolute atomic E-state index is 13.9. The maximum atomic E-state index is 13.9. The van der Waals surface area contributed by atoms with E-state index in [2.05, 4.69) is 9.47 Å². The molecule has 0 fully saturated rings. The van der Waals surface area contributed by atoms with Crippen LogP contribution in [0.15, 0.2) is 6.07 Å². The van der Waals surface area contributed by atoms with Crippen LogP contribution >= 0.6 is 0 Å². The van der Waals surface area contributed by atoms with Crippen molar-refractivity contribution in [3.63, 3.8) is 0 Å². The van der Waals surface area contributed by atoms with Gasteiger partial charge in [-0.05, 0) is 6.07 Å². The molecule has 0 aliphatic carbocycles. The van der Waals surface area contributed by atoms with Crippen molar-refractivity contribution in [1.29, 1.82) is 0 Å². The fourth-order valence-corrected chi connectivity index (χ4v) is 1.73. The molecule has 0 aliphatic rings. The third-order valence-corrected chi connectivity index (χ3v) is 2.90. The van der Waals surface area contributed by atoms with Gasteiger partial charge < -0.3 is 9.47 Å². The van der Waals surface area contributed by atoms with Gasteiger partial charge in [-0.3, -0.25) is 0 Å². The van der Waals surface area contributed by atoms with Crippen LogP contribution in [-0.2, 0) is 0 Å². The van der Waals surface area contributed by atoms with Crippen molar-refractivity contribution in [2.45, 2.75) is 0 Å². The SMILES string of the molecule is COc1c(F)c(F)cc(C(=O)Oc2c(F)c(F)c(F)c(F)c2F)c1F. The molecule has 0 unspecified atom stereocenters. The van der Waals surface area contributed by atoms with Crippen LogP contribution in [0.1, 0.15) is 10.4 Å². The standard InChI is InChI=1S/C14H4F8O3/c1-24-12-5(16)3(2-4(15)6(12)17)14(23)25-13-10(21)8(19)7(18)9(20)11(13)22/h2H,1H3. The average molecular weight is 372 g/mol. The van der Waals surface area contributed by atoms with Crippen LogP contribution in [0.2, 0.25) is 0 Å². The minimum atomic E-state index is -2.52. The Kier molecular flexibility index (Phi) is 4.86. The van der Waals surface area contributed by atoms with Gasteiger partial charge in [0.1, 0.15) is 5.56 Å². The number of methoxy groups -OCH3 is 1. The van der Waals surface area contributed by atoms with E-state index in [1.54, 1.807) is 0 Å². The molecular formula is C14H4F8O3. The third-order valence-electron chi connectivity index (χ3n) is 2.90. The number of carbonyl (C=O) groups excluding carboxylic acids is 1. The smallest absolute Gasteiger partial charge is 0.346 e. The highest BCUT2D eigenvalue weighted by atomic mass is 19.2. The van der Waals surface area contributed by atoms with Gasteiger partial charge in [-0.15, -0.1) is 0 Å². The predicted molar refractivity (Wildman–Crippen MR) is 64.1 cm³/mol. The van der Waals surface area contributed by atoms with Gasteiger partial charge >= 0.3 is 5.97 Å². The van der Waals surface area contributed by atoms with Crippen LogP contribution in [0, 0.1) is 46.5 Å². The Morgan fingerprint density at radius 2 is 1.20 bits per heavy atom. The van der Waals surface area contributed by atoms with E-state index < -0.39 is 69.6 Å². The Hall–Kier alpha value is -2.85. The zero-order chi connectivity index (χ0) is 19.0. The quantitative estimate of drug-likeness (QED) is 0.268. The van der Waals surface area contributed by atoms with Crippen molar-refractivity contribution in [2.75, 3.05) is 7.11 Å². The molecule has 0 aromatic heterocycles. The molecule has 134 valence electrons. The van der Waals surface area contributed by atoms with Crippen LogP contribution in [0.25, 0.3) is 0 Å². The largest absolute Gasteiger partial charge is 0.491 e. The zero-order valence-corrected chi connectivity index (χ0v) is 11.8. The Morgan fingerprint density at radius 1 is 0.720 bits per heavy atom. The van der Waals surface area contributed by atoms with E-state index in [1.165, 1.54) is 0 Å². The summed E-state index contributed by atoms with van der Waals surface area (Å²) in [5, 5.41) is 0. The van der Waals surface area contributed by atoms with Crippen LogP contribution in [0.5, 0.6) is 11.5 Å². The Labute approximate surface area is 133 Å². The minimum absolute atomic E-state index is 0.0401. The summed E-state index contributed by atoms with van der Waals surface area (Å²) in [7, 11) is 0.722. The second-order valence-electron chi connectivity index (χ2n) is 4.36. The number of benzene rings is 2. The van der Waals surface area contributed by atoms with Gasteiger partial charge in [0, 0.05) is 0 Å². The lowest BCUT2D eigenvalue weighted by Crippen LogP contribution is -2.16. The lowest BCUT2D eigenvalue weighted by molar-refractivity contribution is 0.0709. The van der Waals surface area contributed by atoms with Gasteiger partial charge in [0.05, 0.1) is 7.11 Å². The summed E-state index contributed by atoms with van der Waals surface area (Å²) in [6.45, 7) is 0. The maximum Gasteiger partial charge on any atom is 0.346 e. The number of halogens is 8. The molecule has 2 rings (SSSR count). The van der Waals surface area contributed by atoms with Crippen LogP contribution < -0.4 is 9.47 Å². The fraction of sp³-hybridized carbons (Fsp3) is 0.0714. The molecule has 25 heavy (non-hydrogen) atoms. The molecule has 0 saturated heterocycles. The zero-order valence-electron chi connectivity index (χ0n) is 11.8. The highest BCUT2D eigenvalue weighted by Gasteiger charge is 2.31. The van der Waals surface area contributed by atoms with Crippen molar-refractivity contribution in [2.24, 2.45) is 0 Å². The first kappa shape index (κ1) is 18.5. The monoisotopic (exact) mass is 372 g/mol. The first-order chi connectivity index (χ1) is 11.6. The topological polar surface area (TPSA) is 35.5 Å². The number of rotatable bonds is 3. The van der Waals surface area contributed by atoms with E-state index in [0.29, 0.717) is 0 Å². The second-order valence-corrected chi connectivity index (χ2v) is 4.36. The molecule has 0 N–H and O–H groups in total. The summed E-state index contributed by atoms with van der Waals surface area (Å²) in [5.41, 5.74) is -1.40. The van der Waals surface area contributed by atoms with E-state index >= 15 is 0 Å². The van der Waals surface area contributed by atoms with Crippen molar-refractivity contribution < 1.29 is 49.4 Å². The summed E-state index contributed by atoms with van der Waals surface area (Å²) in [6, 6.07) is -0.0401. The van der Waals surface area contributed by atoms with Crippen LogP contribution in [0.4, 0.5) is 35.1 Å². The lowest BCUT2D eigenvalue weighted by Gasteiger charge is -2.11. The number of carbonyl (C=O) groups is 1. The first-order valence-electron chi connectivity index (χ1n) is 6.06. The van der Waals surface area contributed by atoms with Crippen molar-refractivity contribution in [3.8, 4) is 11.5 Å². The average Bonchev–Trinajstić information content (AvgIpc) is 2.58. The van der Waals surface area contributed by atoms with Gasteiger partial charge in [0.2, 0.25) is 40.7 Å². The molecule has 2 aromatic carbocycles. The molecular weight excluding hydrogens is 368 g/mol. The molecule has 2 aromatic rings. The van der Waals surface area contributed by atoms with Gasteiger partial charge in [-0.1, -0.05) is 0 Å². The molecule has 3 nitrogen and oxygen atoms in total. The third kappa shape index (κ3) is 2.96. The molecule has 0 saturated carbocycles. The van der Waals surface area contributed by atoms with Gasteiger partial charge in [-0.2, -0.15) is 13.2 Å². The van der Waals surface area contributed by atoms with Crippen LogP contribution in [0.3, 0.4) is 0 Å². The molecule has 0 spiro atoms. The van der Waals surface area contributed by atoms with Gasteiger partial charge in [0.15, 0.2) is 17.4 Å². The van der Waals surface area contributed by atoms with E-state index in [4.69, 9.17) is 0 Å². The Balaban J connectivity index is 2.54. The van der Waals surface area contributed by atoms with Crippen molar-refractivity contribution >= 4 is 5.97 Å². The number of hydrogen-bond donors (Lipinski definition) is 0. The van der Waals surface area contributed by atoms with Crippen molar-refractivity contribution in [3.05, 3.63) is 58.2 Å². The molecule has 0 heterocycles. The highest BCUT2D eigenvalue weighted by molar-refractivity contribution is 5.92. The Bertz CT molecular complexity index is 852. The molecule has 0 radical (unpaired) electrons.